The van der Waals surface area contributed by atoms with Crippen LogP contribution in [-0.4, -0.2) is 70.9 Å². The number of hydrogen-bond acceptors (Lipinski definition) is 10. The molecule has 2 aromatic heterocycles. The zero-order valence-corrected chi connectivity index (χ0v) is 26.0. The van der Waals surface area contributed by atoms with E-state index in [-0.39, 0.29) is 17.7 Å². The second-order valence-corrected chi connectivity index (χ2v) is 11.8. The van der Waals surface area contributed by atoms with Gasteiger partial charge in [0.25, 0.3) is 0 Å². The summed E-state index contributed by atoms with van der Waals surface area (Å²) in [6.07, 6.45) is 3.86. The van der Waals surface area contributed by atoms with E-state index >= 15 is 0 Å². The lowest BCUT2D eigenvalue weighted by Gasteiger charge is -2.17. The number of benzene rings is 2. The zero-order valence-electron chi connectivity index (χ0n) is 26.0. The highest BCUT2D eigenvalue weighted by molar-refractivity contribution is 5.99. The van der Waals surface area contributed by atoms with Gasteiger partial charge in [-0.25, -0.2) is 4.79 Å². The minimum atomic E-state index is -0.725. The van der Waals surface area contributed by atoms with E-state index in [9.17, 15) is 9.59 Å². The topological polar surface area (TPSA) is 132 Å². The van der Waals surface area contributed by atoms with Gasteiger partial charge < -0.3 is 30.3 Å². The first-order chi connectivity index (χ1) is 21.6. The Morgan fingerprint density at radius 1 is 1.07 bits per heavy atom. The molecule has 4 aromatic rings. The van der Waals surface area contributed by atoms with Gasteiger partial charge in [-0.05, 0) is 75.7 Å². The Morgan fingerprint density at radius 2 is 1.84 bits per heavy atom. The van der Waals surface area contributed by atoms with Crippen LogP contribution in [0.4, 0.5) is 23.0 Å². The summed E-state index contributed by atoms with van der Waals surface area (Å²) >= 11 is 0. The van der Waals surface area contributed by atoms with E-state index in [1.165, 1.54) is 10.8 Å². The van der Waals surface area contributed by atoms with Crippen LogP contribution in [0.15, 0.2) is 73.4 Å². The fraction of sp³-hybridized carbons (Fsp3) is 0.333. The van der Waals surface area contributed by atoms with E-state index in [4.69, 9.17) is 14.3 Å². The van der Waals surface area contributed by atoms with Crippen molar-refractivity contribution in [3.8, 4) is 11.6 Å². The molecule has 1 atom stereocenters. The second kappa shape index (κ2) is 13.8. The summed E-state index contributed by atoms with van der Waals surface area (Å²) in [5.41, 5.74) is 1.93. The minimum absolute atomic E-state index is 0.234. The van der Waals surface area contributed by atoms with Crippen LogP contribution >= 0.6 is 0 Å². The van der Waals surface area contributed by atoms with Crippen LogP contribution in [0.25, 0.3) is 11.0 Å². The summed E-state index contributed by atoms with van der Waals surface area (Å²) in [4.78, 5) is 41.9. The molecular formula is C33H39N7O5. The van der Waals surface area contributed by atoms with E-state index in [0.717, 1.165) is 44.0 Å². The minimum Gasteiger partial charge on any atom is -0.438 e. The molecule has 0 bridgehead atoms. The summed E-state index contributed by atoms with van der Waals surface area (Å²) in [6.45, 7) is 12.5. The first-order valence-electron chi connectivity index (χ1n) is 14.8. The van der Waals surface area contributed by atoms with Crippen molar-refractivity contribution in [1.29, 1.82) is 0 Å². The second-order valence-electron chi connectivity index (χ2n) is 11.8. The van der Waals surface area contributed by atoms with Crippen LogP contribution in [0, 0.1) is 5.41 Å². The Morgan fingerprint density at radius 3 is 2.58 bits per heavy atom. The number of hydrogen-bond donors (Lipinski definition) is 3. The number of aromatic nitrogens is 3. The number of nitrogens with zero attached hydrogens (tertiary/aromatic N) is 4. The molecule has 0 spiro atoms. The van der Waals surface area contributed by atoms with Crippen LogP contribution in [-0.2, 0) is 14.3 Å². The van der Waals surface area contributed by atoms with Gasteiger partial charge in [-0.3, -0.25) is 9.69 Å². The number of carbonyl (C=O) groups is 2. The highest BCUT2D eigenvalue weighted by Crippen LogP contribution is 2.32. The van der Waals surface area contributed by atoms with Gasteiger partial charge in [0.05, 0.1) is 17.4 Å². The molecule has 12 nitrogen and oxygen atoms in total. The van der Waals surface area contributed by atoms with Crippen molar-refractivity contribution in [2.45, 2.75) is 33.2 Å². The van der Waals surface area contributed by atoms with Crippen LogP contribution in [0.3, 0.4) is 0 Å². The standard InChI is InChI=1S/C33H39N7O5/c1-6-28(41)35-24-8-7-9-26(20-24)44-30-27-15-17-40(45-31(42)33(2,3)4)29(27)37-32(38-30)36-23-12-10-22(11-13-23)34-25-14-16-39(21-25)18-19-43-5/h6-13,15,17,20,25,34H,1,14,16,18-19,21H2,2-5H3,(H,35,41)(H,36,37,38). The van der Waals surface area contributed by atoms with Gasteiger partial charge in [0.1, 0.15) is 5.75 Å². The molecule has 0 radical (unpaired) electrons. The van der Waals surface area contributed by atoms with Crippen LogP contribution < -0.4 is 25.5 Å². The summed E-state index contributed by atoms with van der Waals surface area (Å²) in [6, 6.07) is 16.9. The average Bonchev–Trinajstić information content (AvgIpc) is 3.63. The Bertz CT molecular complexity index is 1660. The van der Waals surface area contributed by atoms with Gasteiger partial charge in [-0.1, -0.05) is 12.6 Å². The Balaban J connectivity index is 1.38. The lowest BCUT2D eigenvalue weighted by molar-refractivity contribution is -0.152. The third-order valence-electron chi connectivity index (χ3n) is 7.17. The molecule has 1 unspecified atom stereocenters. The van der Waals surface area contributed by atoms with Gasteiger partial charge in [-0.15, -0.1) is 0 Å². The maximum absolute atomic E-state index is 12.7. The molecule has 12 heteroatoms. The van der Waals surface area contributed by atoms with E-state index in [2.05, 4.69) is 37.4 Å². The summed E-state index contributed by atoms with van der Waals surface area (Å²) in [5, 5.41) is 10.1. The number of anilines is 4. The smallest absolute Gasteiger partial charge is 0.338 e. The van der Waals surface area contributed by atoms with Crippen LogP contribution in [0.5, 0.6) is 11.6 Å². The summed E-state index contributed by atoms with van der Waals surface area (Å²) in [7, 11) is 1.73. The molecule has 3 N–H and O–H groups in total. The summed E-state index contributed by atoms with van der Waals surface area (Å²) < 4.78 is 12.7. The number of amides is 1. The lowest BCUT2D eigenvalue weighted by Crippen LogP contribution is -2.31. The number of ether oxygens (including phenoxy) is 2. The molecule has 1 saturated heterocycles. The molecule has 236 valence electrons. The molecule has 1 aliphatic heterocycles. The lowest BCUT2D eigenvalue weighted by atomic mass is 9.98. The molecule has 5 rings (SSSR count). The maximum Gasteiger partial charge on any atom is 0.338 e. The van der Waals surface area contributed by atoms with Crippen molar-refractivity contribution in [2.75, 3.05) is 49.3 Å². The molecule has 1 amide bonds. The molecule has 0 aliphatic carbocycles. The van der Waals surface area contributed by atoms with E-state index in [1.54, 1.807) is 64.4 Å². The molecule has 1 fully saturated rings. The number of rotatable bonds is 12. The molecular weight excluding hydrogens is 574 g/mol. The highest BCUT2D eigenvalue weighted by Gasteiger charge is 2.26. The van der Waals surface area contributed by atoms with Crippen molar-refractivity contribution in [1.82, 2.24) is 19.6 Å². The third kappa shape index (κ3) is 8.16. The van der Waals surface area contributed by atoms with Gasteiger partial charge in [-0.2, -0.15) is 14.7 Å². The number of nitrogens with one attached hydrogen (secondary N) is 3. The average molecular weight is 614 g/mol. The van der Waals surface area contributed by atoms with Crippen molar-refractivity contribution >= 4 is 45.9 Å². The van der Waals surface area contributed by atoms with Gasteiger partial charge in [0.15, 0.2) is 5.65 Å². The molecule has 1 aliphatic rings. The molecule has 45 heavy (non-hydrogen) atoms. The van der Waals surface area contributed by atoms with Gasteiger partial charge >= 0.3 is 5.97 Å². The van der Waals surface area contributed by atoms with Gasteiger partial charge in [0.2, 0.25) is 17.7 Å². The predicted octanol–water partition coefficient (Wildman–Crippen LogP) is 5.23. The first kappa shape index (κ1) is 31.5. The predicted molar refractivity (Wildman–Crippen MR) is 174 cm³/mol. The highest BCUT2D eigenvalue weighted by atomic mass is 16.7. The summed E-state index contributed by atoms with van der Waals surface area (Å²) in [5.74, 6) is 0.150. The Labute approximate surface area is 262 Å². The zero-order chi connectivity index (χ0) is 32.0. The number of methoxy groups -OCH3 is 1. The fourth-order valence-corrected chi connectivity index (χ4v) is 4.73. The van der Waals surface area contributed by atoms with Crippen LogP contribution in [0.2, 0.25) is 0 Å². The van der Waals surface area contributed by atoms with E-state index < -0.39 is 11.4 Å². The maximum atomic E-state index is 12.7. The number of carbonyl (C=O) groups excluding carboxylic acids is 2. The SMILES string of the molecule is C=CC(=O)Nc1cccc(Oc2nc(Nc3ccc(NC4CCN(CCOC)C4)cc3)nc3c2ccn3OC(=O)C(C)(C)C)c1. The molecule has 3 heterocycles. The van der Waals surface area contributed by atoms with Crippen molar-refractivity contribution in [2.24, 2.45) is 5.41 Å². The first-order valence-corrected chi connectivity index (χ1v) is 14.8. The van der Waals surface area contributed by atoms with E-state index in [1.807, 2.05) is 24.3 Å². The van der Waals surface area contributed by atoms with Gasteiger partial charge in [0, 0.05) is 62.1 Å². The van der Waals surface area contributed by atoms with Crippen molar-refractivity contribution < 1.29 is 23.9 Å². The van der Waals surface area contributed by atoms with E-state index in [0.29, 0.717) is 28.5 Å². The number of likely N-dealkylation sites (tertiary alicyclic amines) is 1. The van der Waals surface area contributed by atoms with Crippen molar-refractivity contribution in [3.05, 3.63) is 73.4 Å². The quantitative estimate of drug-likeness (QED) is 0.183. The fourth-order valence-electron chi connectivity index (χ4n) is 4.73. The largest absolute Gasteiger partial charge is 0.438 e. The molecule has 0 saturated carbocycles. The Kier molecular flexibility index (Phi) is 9.65. The third-order valence-corrected chi connectivity index (χ3v) is 7.17. The van der Waals surface area contributed by atoms with Crippen molar-refractivity contribution in [3.63, 3.8) is 0 Å². The number of fused-ring (bicyclic) bond motifs is 1. The normalized spacial score (nSPS) is 15.1. The Hall–Kier alpha value is -4.94. The monoisotopic (exact) mass is 613 g/mol. The molecule has 2 aromatic carbocycles. The van der Waals surface area contributed by atoms with Crippen LogP contribution in [0.1, 0.15) is 27.2 Å².